The van der Waals surface area contributed by atoms with Crippen LogP contribution in [-0.4, -0.2) is 15.2 Å². The van der Waals surface area contributed by atoms with Gasteiger partial charge in [0.05, 0.1) is 15.2 Å². The normalized spacial score (nSPS) is 12.6. The zero-order valence-corrected chi connectivity index (χ0v) is 16.8. The van der Waals surface area contributed by atoms with Crippen LogP contribution in [0.15, 0.2) is 36.4 Å². The molecule has 0 aliphatic carbocycles. The molecule has 0 fully saturated rings. The Balaban J connectivity index is 2.42. The number of ether oxygens (including phenoxy) is 1. The molecule has 0 saturated heterocycles. The predicted octanol–water partition coefficient (Wildman–Crippen LogP) is 6.61. The fourth-order valence-electron chi connectivity index (χ4n) is 4.48. The molecule has 0 N–H and O–H groups in total. The minimum Gasteiger partial charge on any atom is -0.497 e. The number of benzene rings is 2. The van der Waals surface area contributed by atoms with Crippen molar-refractivity contribution in [3.8, 4) is 5.75 Å². The largest absolute Gasteiger partial charge is 0.497 e. The van der Waals surface area contributed by atoms with Gasteiger partial charge in [0.25, 0.3) is 0 Å². The highest BCUT2D eigenvalue weighted by Crippen LogP contribution is 2.43. The molecule has 0 aromatic heterocycles. The summed E-state index contributed by atoms with van der Waals surface area (Å²) in [5.41, 5.74) is 3.91. The first kappa shape index (κ1) is 18.1. The van der Waals surface area contributed by atoms with Gasteiger partial charge in [0.15, 0.2) is 0 Å². The van der Waals surface area contributed by atoms with Crippen molar-refractivity contribution < 1.29 is 4.74 Å². The third-order valence-electron chi connectivity index (χ3n) is 5.85. The summed E-state index contributed by atoms with van der Waals surface area (Å²) in [6.45, 7) is 14.7. The van der Waals surface area contributed by atoms with Crippen LogP contribution >= 0.6 is 0 Å². The molecule has 2 aromatic rings. The monoisotopic (exact) mass is 328 g/mol. The van der Waals surface area contributed by atoms with Crippen molar-refractivity contribution >= 4 is 18.8 Å². The van der Waals surface area contributed by atoms with E-state index >= 15 is 0 Å². The molecule has 0 heterocycles. The van der Waals surface area contributed by atoms with E-state index in [1.54, 1.807) is 7.11 Å². The van der Waals surface area contributed by atoms with E-state index in [4.69, 9.17) is 4.74 Å². The molecule has 1 nitrogen and oxygen atoms in total. The van der Waals surface area contributed by atoms with Gasteiger partial charge in [0.2, 0.25) is 0 Å². The molecule has 0 aliphatic heterocycles. The molecule has 0 atom stereocenters. The van der Waals surface area contributed by atoms with E-state index in [2.05, 4.69) is 77.9 Å². The van der Waals surface area contributed by atoms with Crippen molar-refractivity contribution in [2.75, 3.05) is 7.11 Å². The second-order valence-corrected chi connectivity index (χ2v) is 13.8. The third-order valence-corrected chi connectivity index (χ3v) is 13.3. The Morgan fingerprint density at radius 2 is 1.30 bits per heavy atom. The zero-order valence-electron chi connectivity index (χ0n) is 15.8. The Labute approximate surface area is 143 Å². The summed E-state index contributed by atoms with van der Waals surface area (Å²) in [6.07, 6.45) is 0. The highest BCUT2D eigenvalue weighted by molar-refractivity contribution is 6.83. The molecule has 0 radical (unpaired) electrons. The zero-order chi connectivity index (χ0) is 17.2. The lowest BCUT2D eigenvalue weighted by Gasteiger charge is -2.43. The van der Waals surface area contributed by atoms with Crippen LogP contribution in [0.2, 0.25) is 16.6 Å². The van der Waals surface area contributed by atoms with Gasteiger partial charge in [0.1, 0.15) is 5.75 Å². The minimum absolute atomic E-state index is 0.800. The summed E-state index contributed by atoms with van der Waals surface area (Å²) in [4.78, 5) is 0. The van der Waals surface area contributed by atoms with Gasteiger partial charge < -0.3 is 4.74 Å². The van der Waals surface area contributed by atoms with Crippen LogP contribution in [0.5, 0.6) is 5.75 Å². The van der Waals surface area contributed by atoms with Crippen molar-refractivity contribution in [2.24, 2.45) is 0 Å². The van der Waals surface area contributed by atoms with E-state index in [-0.39, 0.29) is 0 Å². The van der Waals surface area contributed by atoms with E-state index in [0.29, 0.717) is 0 Å². The second kappa shape index (κ2) is 7.08. The summed E-state index contributed by atoms with van der Waals surface area (Å²) in [7, 11) is 0.327. The Morgan fingerprint density at radius 1 is 0.783 bits per heavy atom. The van der Waals surface area contributed by atoms with E-state index in [9.17, 15) is 0 Å². The first-order valence-electron chi connectivity index (χ1n) is 8.88. The van der Waals surface area contributed by atoms with Gasteiger partial charge in [-0.05, 0) is 34.5 Å². The molecular weight excluding hydrogens is 296 g/mol. The molecule has 0 saturated carbocycles. The quantitative estimate of drug-likeness (QED) is 0.542. The number of hydrogen-bond donors (Lipinski definition) is 0. The van der Waals surface area contributed by atoms with Crippen molar-refractivity contribution in [1.29, 1.82) is 0 Å². The lowest BCUT2D eigenvalue weighted by atomic mass is 10.1. The number of fused-ring (bicyclic) bond motifs is 1. The lowest BCUT2D eigenvalue weighted by molar-refractivity contribution is 0.415. The second-order valence-electron chi connectivity index (χ2n) is 7.80. The fourth-order valence-corrected chi connectivity index (χ4v) is 10.6. The Bertz CT molecular complexity index is 636. The SMILES string of the molecule is COc1ccc2cc(C[Si](C(C)C)(C(C)C)C(C)C)ccc2c1. The van der Waals surface area contributed by atoms with Gasteiger partial charge in [-0.2, -0.15) is 0 Å². The van der Waals surface area contributed by atoms with Crippen LogP contribution < -0.4 is 4.74 Å². The van der Waals surface area contributed by atoms with E-state index in [1.807, 2.05) is 0 Å². The molecule has 126 valence electrons. The number of rotatable bonds is 6. The Morgan fingerprint density at radius 3 is 1.83 bits per heavy atom. The van der Waals surface area contributed by atoms with Gasteiger partial charge in [-0.3, -0.25) is 0 Å². The minimum atomic E-state index is -1.40. The molecule has 2 aromatic carbocycles. The smallest absolute Gasteiger partial charge is 0.119 e. The first-order chi connectivity index (χ1) is 10.8. The van der Waals surface area contributed by atoms with Gasteiger partial charge in [0, 0.05) is 0 Å². The Hall–Kier alpha value is -1.28. The standard InChI is InChI=1S/C21H32OSi/c1-15(2)23(16(3)4,17(5)6)14-18-8-9-20-13-21(22-7)11-10-19(20)12-18/h8-13,15-17H,14H2,1-7H3. The maximum absolute atomic E-state index is 5.33. The molecule has 0 unspecified atom stereocenters. The summed E-state index contributed by atoms with van der Waals surface area (Å²) >= 11 is 0. The molecular formula is C21H32OSi. The van der Waals surface area contributed by atoms with Crippen molar-refractivity contribution in [3.63, 3.8) is 0 Å². The van der Waals surface area contributed by atoms with Crippen LogP contribution in [0, 0.1) is 0 Å². The maximum Gasteiger partial charge on any atom is 0.119 e. The van der Waals surface area contributed by atoms with Crippen molar-refractivity contribution in [2.45, 2.75) is 64.2 Å². The highest BCUT2D eigenvalue weighted by atomic mass is 28.3. The fraction of sp³-hybridized carbons (Fsp3) is 0.524. The van der Waals surface area contributed by atoms with Gasteiger partial charge in [-0.25, -0.2) is 0 Å². The van der Waals surface area contributed by atoms with Gasteiger partial charge in [-0.1, -0.05) is 82.4 Å². The first-order valence-corrected chi connectivity index (χ1v) is 11.3. The van der Waals surface area contributed by atoms with Crippen LogP contribution in [0.25, 0.3) is 10.8 Å². The van der Waals surface area contributed by atoms with Crippen molar-refractivity contribution in [3.05, 3.63) is 42.0 Å². The maximum atomic E-state index is 5.33. The summed E-state index contributed by atoms with van der Waals surface area (Å²) in [5.74, 6) is 0.931. The van der Waals surface area contributed by atoms with E-state index < -0.39 is 8.07 Å². The predicted molar refractivity (Wildman–Crippen MR) is 105 cm³/mol. The molecule has 2 heteroatoms. The topological polar surface area (TPSA) is 9.23 Å². The number of methoxy groups -OCH3 is 1. The summed E-state index contributed by atoms with van der Waals surface area (Å²) < 4.78 is 5.33. The molecule has 0 spiro atoms. The highest BCUT2D eigenvalue weighted by Gasteiger charge is 2.42. The lowest BCUT2D eigenvalue weighted by Crippen LogP contribution is -2.47. The van der Waals surface area contributed by atoms with Gasteiger partial charge >= 0.3 is 0 Å². The molecule has 0 aliphatic rings. The summed E-state index contributed by atoms with van der Waals surface area (Å²) in [6, 6.07) is 14.6. The van der Waals surface area contributed by atoms with Crippen LogP contribution in [0.1, 0.15) is 47.1 Å². The average Bonchev–Trinajstić information content (AvgIpc) is 2.50. The van der Waals surface area contributed by atoms with Crippen LogP contribution in [-0.2, 0) is 6.04 Å². The molecule has 23 heavy (non-hydrogen) atoms. The molecule has 0 amide bonds. The van der Waals surface area contributed by atoms with E-state index in [1.165, 1.54) is 22.4 Å². The van der Waals surface area contributed by atoms with Gasteiger partial charge in [-0.15, -0.1) is 0 Å². The Kier molecular flexibility index (Phi) is 5.56. The van der Waals surface area contributed by atoms with Crippen molar-refractivity contribution in [1.82, 2.24) is 0 Å². The number of hydrogen-bond acceptors (Lipinski definition) is 1. The van der Waals surface area contributed by atoms with Crippen LogP contribution in [0.3, 0.4) is 0 Å². The van der Waals surface area contributed by atoms with Crippen LogP contribution in [0.4, 0.5) is 0 Å². The third kappa shape index (κ3) is 3.47. The summed E-state index contributed by atoms with van der Waals surface area (Å²) in [5, 5.41) is 2.58. The molecule has 0 bridgehead atoms. The van der Waals surface area contributed by atoms with E-state index in [0.717, 1.165) is 22.4 Å². The average molecular weight is 329 g/mol. The molecule has 2 rings (SSSR count).